The summed E-state index contributed by atoms with van der Waals surface area (Å²) in [7, 11) is 1.59. The Balaban J connectivity index is 1.98. The van der Waals surface area contributed by atoms with E-state index in [1.807, 2.05) is 12.2 Å². The van der Waals surface area contributed by atoms with Gasteiger partial charge >= 0.3 is 0 Å². The monoisotopic (exact) mass is 320 g/mol. The Hall–Kier alpha value is -1.72. The van der Waals surface area contributed by atoms with Crippen LogP contribution in [0.1, 0.15) is 23.7 Å². The van der Waals surface area contributed by atoms with Gasteiger partial charge in [0.1, 0.15) is 0 Å². The summed E-state index contributed by atoms with van der Waals surface area (Å²) in [6, 6.07) is 5.22. The smallest absolute Gasteiger partial charge is 0.231 e. The molecule has 0 saturated carbocycles. The molecule has 0 radical (unpaired) electrons. The maximum Gasteiger partial charge on any atom is 0.231 e. The van der Waals surface area contributed by atoms with Gasteiger partial charge in [0.15, 0.2) is 17.3 Å². The molecule has 0 saturated heterocycles. The molecule has 0 aromatic heterocycles. The molecule has 5 heteroatoms. The van der Waals surface area contributed by atoms with Crippen molar-refractivity contribution in [2.24, 2.45) is 0 Å². The van der Waals surface area contributed by atoms with Crippen LogP contribution in [-0.4, -0.2) is 31.5 Å². The van der Waals surface area contributed by atoms with Crippen molar-refractivity contribution >= 4 is 17.5 Å². The number of carbonyl (C=O) groups excluding carboxylic acids is 1. The van der Waals surface area contributed by atoms with Crippen molar-refractivity contribution in [2.75, 3.05) is 19.7 Å². The van der Waals surface area contributed by atoms with Gasteiger partial charge in [-0.1, -0.05) is 25.7 Å². The molecular weight excluding hydrogens is 300 g/mol. The van der Waals surface area contributed by atoms with Crippen LogP contribution in [-0.2, 0) is 4.74 Å². The van der Waals surface area contributed by atoms with Crippen LogP contribution in [0.25, 0.3) is 0 Å². The lowest BCUT2D eigenvalue weighted by Crippen LogP contribution is -2.14. The third kappa shape index (κ3) is 4.39. The number of carbonyl (C=O) groups is 1. The molecule has 1 aromatic carbocycles. The number of allylic oxidation sites excluding steroid dienone is 1. The number of Topliss-reactive ketones (excluding diaryl/α,β-unsaturated/α-hetero) is 1. The molecule has 0 N–H and O–H groups in total. The van der Waals surface area contributed by atoms with Crippen LogP contribution in [0, 0.1) is 0 Å². The van der Waals surface area contributed by atoms with E-state index >= 15 is 0 Å². The molecular formula is C17H20O4S. The SMILES string of the molecule is C=C(/C=C\C(CC(=O)c1ccc2c(c1)OCO2)OC)SCC. The molecule has 1 aliphatic rings. The Bertz CT molecular complexity index is 580. The molecule has 1 aromatic rings. The summed E-state index contributed by atoms with van der Waals surface area (Å²) in [6.45, 7) is 6.20. The van der Waals surface area contributed by atoms with Crippen molar-refractivity contribution in [3.8, 4) is 11.5 Å². The van der Waals surface area contributed by atoms with E-state index in [-0.39, 0.29) is 25.1 Å². The molecule has 0 bridgehead atoms. The lowest BCUT2D eigenvalue weighted by Gasteiger charge is -2.10. The van der Waals surface area contributed by atoms with Crippen LogP contribution in [0.2, 0.25) is 0 Å². The minimum absolute atomic E-state index is 0.00329. The quantitative estimate of drug-likeness (QED) is 0.538. The van der Waals surface area contributed by atoms with E-state index in [0.29, 0.717) is 17.1 Å². The summed E-state index contributed by atoms with van der Waals surface area (Å²) in [6.07, 6.45) is 3.77. The van der Waals surface area contributed by atoms with Crippen molar-refractivity contribution in [3.05, 3.63) is 47.4 Å². The van der Waals surface area contributed by atoms with Crippen LogP contribution in [0.5, 0.6) is 11.5 Å². The van der Waals surface area contributed by atoms with Crippen molar-refractivity contribution < 1.29 is 19.0 Å². The van der Waals surface area contributed by atoms with Crippen LogP contribution >= 0.6 is 11.8 Å². The number of ether oxygens (including phenoxy) is 3. The van der Waals surface area contributed by atoms with Gasteiger partial charge in [-0.15, -0.1) is 11.8 Å². The number of rotatable bonds is 8. The predicted octanol–water partition coefficient (Wildman–Crippen LogP) is 3.83. The second-order valence-electron chi connectivity index (χ2n) is 4.73. The normalized spacial score (nSPS) is 14.3. The van der Waals surface area contributed by atoms with Gasteiger partial charge in [0.05, 0.1) is 6.10 Å². The maximum atomic E-state index is 12.3. The molecule has 118 valence electrons. The fourth-order valence-corrected chi connectivity index (χ4v) is 2.59. The average Bonchev–Trinajstić information content (AvgIpc) is 2.98. The average molecular weight is 320 g/mol. The maximum absolute atomic E-state index is 12.3. The molecule has 0 amide bonds. The first-order chi connectivity index (χ1) is 10.6. The van der Waals surface area contributed by atoms with Gasteiger partial charge in [-0.2, -0.15) is 0 Å². The molecule has 0 aliphatic carbocycles. The Kier molecular flexibility index (Phi) is 6.10. The predicted molar refractivity (Wildman–Crippen MR) is 88.7 cm³/mol. The number of fused-ring (bicyclic) bond motifs is 1. The molecule has 4 nitrogen and oxygen atoms in total. The molecule has 0 spiro atoms. The number of hydrogen-bond acceptors (Lipinski definition) is 5. The van der Waals surface area contributed by atoms with Gasteiger partial charge in [0.25, 0.3) is 0 Å². The van der Waals surface area contributed by atoms with E-state index in [1.54, 1.807) is 37.1 Å². The first-order valence-corrected chi connectivity index (χ1v) is 8.08. The Labute approximate surface area is 135 Å². The van der Waals surface area contributed by atoms with Crippen LogP contribution in [0.3, 0.4) is 0 Å². The van der Waals surface area contributed by atoms with Crippen LogP contribution in [0.15, 0.2) is 41.8 Å². The number of hydrogen-bond donors (Lipinski definition) is 0. The topological polar surface area (TPSA) is 44.8 Å². The molecule has 22 heavy (non-hydrogen) atoms. The Morgan fingerprint density at radius 2 is 2.23 bits per heavy atom. The lowest BCUT2D eigenvalue weighted by atomic mass is 10.0. The second-order valence-corrected chi connectivity index (χ2v) is 6.12. The van der Waals surface area contributed by atoms with E-state index in [2.05, 4.69) is 13.5 Å². The number of benzene rings is 1. The summed E-state index contributed by atoms with van der Waals surface area (Å²) < 4.78 is 15.9. The minimum atomic E-state index is -0.271. The van der Waals surface area contributed by atoms with Gasteiger partial charge < -0.3 is 14.2 Å². The van der Waals surface area contributed by atoms with Gasteiger partial charge in [0, 0.05) is 19.1 Å². The zero-order valence-electron chi connectivity index (χ0n) is 12.8. The van der Waals surface area contributed by atoms with Crippen molar-refractivity contribution in [2.45, 2.75) is 19.4 Å². The highest BCUT2D eigenvalue weighted by Gasteiger charge is 2.18. The van der Waals surface area contributed by atoms with E-state index in [0.717, 1.165) is 10.7 Å². The second kappa shape index (κ2) is 8.06. The zero-order chi connectivity index (χ0) is 15.9. The molecule has 0 fully saturated rings. The first-order valence-electron chi connectivity index (χ1n) is 7.09. The Morgan fingerprint density at radius 3 is 2.95 bits per heavy atom. The summed E-state index contributed by atoms with van der Waals surface area (Å²) in [5.74, 6) is 2.26. The molecule has 1 atom stereocenters. The summed E-state index contributed by atoms with van der Waals surface area (Å²) in [4.78, 5) is 13.3. The summed E-state index contributed by atoms with van der Waals surface area (Å²) in [5, 5.41) is 0. The lowest BCUT2D eigenvalue weighted by molar-refractivity contribution is 0.0852. The number of ketones is 1. The van der Waals surface area contributed by atoms with Crippen LogP contribution in [0.4, 0.5) is 0 Å². The largest absolute Gasteiger partial charge is 0.454 e. The number of methoxy groups -OCH3 is 1. The molecule has 1 aliphatic heterocycles. The van der Waals surface area contributed by atoms with E-state index in [4.69, 9.17) is 14.2 Å². The zero-order valence-corrected chi connectivity index (χ0v) is 13.7. The third-order valence-corrected chi connectivity index (χ3v) is 4.01. The Morgan fingerprint density at radius 1 is 1.45 bits per heavy atom. The van der Waals surface area contributed by atoms with Gasteiger partial charge in [-0.3, -0.25) is 4.79 Å². The van der Waals surface area contributed by atoms with Crippen molar-refractivity contribution in [1.82, 2.24) is 0 Å². The summed E-state index contributed by atoms with van der Waals surface area (Å²) in [5.41, 5.74) is 0.599. The van der Waals surface area contributed by atoms with Crippen LogP contribution < -0.4 is 9.47 Å². The molecule has 1 heterocycles. The highest BCUT2D eigenvalue weighted by atomic mass is 32.2. The fraction of sp³-hybridized carbons (Fsp3) is 0.353. The van der Waals surface area contributed by atoms with E-state index < -0.39 is 0 Å². The van der Waals surface area contributed by atoms with E-state index in [1.165, 1.54) is 0 Å². The standard InChI is InChI=1S/C17H20O4S/c1-4-22-12(2)5-7-14(19-3)10-15(18)13-6-8-16-17(9-13)21-11-20-16/h5-9,14H,2,4,10-11H2,1,3H3/b7-5-. The molecule has 2 rings (SSSR count). The highest BCUT2D eigenvalue weighted by Crippen LogP contribution is 2.32. The van der Waals surface area contributed by atoms with Crippen molar-refractivity contribution in [3.63, 3.8) is 0 Å². The van der Waals surface area contributed by atoms with Gasteiger partial charge in [-0.25, -0.2) is 0 Å². The van der Waals surface area contributed by atoms with Crippen molar-refractivity contribution in [1.29, 1.82) is 0 Å². The first kappa shape index (κ1) is 16.6. The van der Waals surface area contributed by atoms with Gasteiger partial charge in [-0.05, 0) is 28.9 Å². The number of thioether (sulfide) groups is 1. The molecule has 1 unspecified atom stereocenters. The minimum Gasteiger partial charge on any atom is -0.454 e. The van der Waals surface area contributed by atoms with Gasteiger partial charge in [0.2, 0.25) is 6.79 Å². The van der Waals surface area contributed by atoms with E-state index in [9.17, 15) is 4.79 Å². The highest BCUT2D eigenvalue weighted by molar-refractivity contribution is 8.03. The third-order valence-electron chi connectivity index (χ3n) is 3.21. The summed E-state index contributed by atoms with van der Waals surface area (Å²) >= 11 is 1.66. The fourth-order valence-electron chi connectivity index (χ4n) is 2.05.